The fourth-order valence-corrected chi connectivity index (χ4v) is 1.93. The number of hydrogen-bond acceptors (Lipinski definition) is 4. The molecule has 0 bridgehead atoms. The molecule has 1 unspecified atom stereocenters. The smallest absolute Gasteiger partial charge is 0.318 e. The number of piperazine rings is 1. The number of hydrogen-bond donors (Lipinski definition) is 3. The lowest BCUT2D eigenvalue weighted by atomic mass is 10.1. The van der Waals surface area contributed by atoms with Gasteiger partial charge in [0.2, 0.25) is 11.8 Å². The van der Waals surface area contributed by atoms with Crippen LogP contribution in [-0.2, 0) is 14.4 Å². The summed E-state index contributed by atoms with van der Waals surface area (Å²) in [7, 11) is 3.23. The highest BCUT2D eigenvalue weighted by molar-refractivity contribution is 5.91. The van der Waals surface area contributed by atoms with Crippen molar-refractivity contribution in [2.24, 2.45) is 0 Å². The molecule has 0 radical (unpaired) electrons. The number of urea groups is 1. The van der Waals surface area contributed by atoms with Gasteiger partial charge in [-0.15, -0.1) is 0 Å². The SMILES string of the molecule is CN(C)C(=O)CCNC(=O)N1CCNC(=O)C1CC(=O)O. The number of carbonyl (C=O) groups excluding carboxylic acids is 3. The maximum atomic E-state index is 12.0. The van der Waals surface area contributed by atoms with Crippen LogP contribution >= 0.6 is 0 Å². The van der Waals surface area contributed by atoms with Gasteiger partial charge in [-0.25, -0.2) is 4.79 Å². The van der Waals surface area contributed by atoms with Crippen molar-refractivity contribution in [3.05, 3.63) is 0 Å². The number of nitrogens with zero attached hydrogens (tertiary/aromatic N) is 2. The van der Waals surface area contributed by atoms with E-state index in [2.05, 4.69) is 10.6 Å². The lowest BCUT2D eigenvalue weighted by Gasteiger charge is -2.34. The van der Waals surface area contributed by atoms with Crippen molar-refractivity contribution in [2.75, 3.05) is 33.7 Å². The zero-order valence-corrected chi connectivity index (χ0v) is 12.1. The van der Waals surface area contributed by atoms with E-state index in [1.165, 1.54) is 9.80 Å². The van der Waals surface area contributed by atoms with Crippen molar-refractivity contribution >= 4 is 23.8 Å². The summed E-state index contributed by atoms with van der Waals surface area (Å²) in [6.45, 7) is 0.643. The van der Waals surface area contributed by atoms with Crippen LogP contribution in [0.3, 0.4) is 0 Å². The van der Waals surface area contributed by atoms with E-state index in [1.54, 1.807) is 14.1 Å². The normalized spacial score (nSPS) is 17.9. The monoisotopic (exact) mass is 300 g/mol. The summed E-state index contributed by atoms with van der Waals surface area (Å²) < 4.78 is 0. The molecule has 0 aromatic rings. The number of amides is 4. The second-order valence-electron chi connectivity index (χ2n) is 4.87. The fourth-order valence-electron chi connectivity index (χ4n) is 1.93. The summed E-state index contributed by atoms with van der Waals surface area (Å²) >= 11 is 0. The van der Waals surface area contributed by atoms with Crippen LogP contribution in [0, 0.1) is 0 Å². The first-order chi connectivity index (χ1) is 9.82. The van der Waals surface area contributed by atoms with Crippen LogP contribution in [0.15, 0.2) is 0 Å². The molecule has 21 heavy (non-hydrogen) atoms. The molecule has 0 saturated carbocycles. The molecule has 3 N–H and O–H groups in total. The van der Waals surface area contributed by atoms with Gasteiger partial charge in [0.15, 0.2) is 0 Å². The van der Waals surface area contributed by atoms with Gasteiger partial charge in [0.1, 0.15) is 6.04 Å². The van der Waals surface area contributed by atoms with Gasteiger partial charge in [0.05, 0.1) is 6.42 Å². The summed E-state index contributed by atoms with van der Waals surface area (Å²) in [4.78, 5) is 48.4. The van der Waals surface area contributed by atoms with Gasteiger partial charge in [0.25, 0.3) is 0 Å². The average molecular weight is 300 g/mol. The molecule has 1 saturated heterocycles. The van der Waals surface area contributed by atoms with Crippen LogP contribution in [0.5, 0.6) is 0 Å². The Morgan fingerprint density at radius 2 is 2.10 bits per heavy atom. The van der Waals surface area contributed by atoms with Crippen molar-refractivity contribution in [3.8, 4) is 0 Å². The molecular formula is C12H20N4O5. The third-order valence-corrected chi connectivity index (χ3v) is 3.07. The van der Waals surface area contributed by atoms with Crippen molar-refractivity contribution in [3.63, 3.8) is 0 Å². The van der Waals surface area contributed by atoms with Crippen LogP contribution in [0.25, 0.3) is 0 Å². The van der Waals surface area contributed by atoms with E-state index in [-0.39, 0.29) is 32.0 Å². The Hall–Kier alpha value is -2.32. The molecule has 0 aromatic carbocycles. The lowest BCUT2D eigenvalue weighted by molar-refractivity contribution is -0.142. The van der Waals surface area contributed by atoms with Gasteiger partial charge < -0.3 is 25.5 Å². The first-order valence-electron chi connectivity index (χ1n) is 6.57. The van der Waals surface area contributed by atoms with E-state index < -0.39 is 30.4 Å². The van der Waals surface area contributed by atoms with Gasteiger partial charge in [-0.2, -0.15) is 0 Å². The van der Waals surface area contributed by atoms with Crippen LogP contribution in [-0.4, -0.2) is 78.5 Å². The molecule has 4 amide bonds. The Kier molecular flexibility index (Phi) is 5.94. The molecule has 1 fully saturated rings. The zero-order chi connectivity index (χ0) is 16.0. The fraction of sp³-hybridized carbons (Fsp3) is 0.667. The molecule has 0 spiro atoms. The number of nitrogens with one attached hydrogen (secondary N) is 2. The Morgan fingerprint density at radius 1 is 1.43 bits per heavy atom. The zero-order valence-electron chi connectivity index (χ0n) is 12.1. The van der Waals surface area contributed by atoms with Gasteiger partial charge in [-0.3, -0.25) is 14.4 Å². The Balaban J connectivity index is 2.55. The highest BCUT2D eigenvalue weighted by Gasteiger charge is 2.34. The quantitative estimate of drug-likeness (QED) is 0.568. The van der Waals surface area contributed by atoms with Crippen LogP contribution in [0.2, 0.25) is 0 Å². The first kappa shape index (κ1) is 16.7. The summed E-state index contributed by atoms with van der Waals surface area (Å²) in [6, 6.07) is -1.57. The van der Waals surface area contributed by atoms with E-state index in [1.807, 2.05) is 0 Å². The molecule has 1 aliphatic rings. The summed E-state index contributed by atoms with van der Waals surface area (Å²) in [5.74, 6) is -1.77. The lowest BCUT2D eigenvalue weighted by Crippen LogP contribution is -2.60. The molecule has 0 aromatic heterocycles. The topological polar surface area (TPSA) is 119 Å². The van der Waals surface area contributed by atoms with E-state index in [9.17, 15) is 19.2 Å². The predicted molar refractivity (Wildman–Crippen MR) is 72.5 cm³/mol. The maximum absolute atomic E-state index is 12.0. The molecule has 1 atom stereocenters. The minimum absolute atomic E-state index is 0.131. The van der Waals surface area contributed by atoms with E-state index in [4.69, 9.17) is 5.11 Å². The molecule has 9 nitrogen and oxygen atoms in total. The number of carboxylic acid groups (broad SMARTS) is 1. The Morgan fingerprint density at radius 3 is 2.67 bits per heavy atom. The average Bonchev–Trinajstić information content (AvgIpc) is 2.40. The van der Waals surface area contributed by atoms with Crippen molar-refractivity contribution in [1.29, 1.82) is 0 Å². The Labute approximate surface area is 122 Å². The van der Waals surface area contributed by atoms with Crippen LogP contribution in [0.1, 0.15) is 12.8 Å². The predicted octanol–water partition coefficient (Wildman–Crippen LogP) is -1.55. The Bertz CT molecular complexity index is 437. The number of carbonyl (C=O) groups is 4. The molecular weight excluding hydrogens is 280 g/mol. The van der Waals surface area contributed by atoms with Crippen molar-refractivity contribution < 1.29 is 24.3 Å². The van der Waals surface area contributed by atoms with Crippen molar-refractivity contribution in [2.45, 2.75) is 18.9 Å². The summed E-state index contributed by atoms with van der Waals surface area (Å²) in [6.07, 6.45) is -0.307. The molecule has 1 rings (SSSR count). The van der Waals surface area contributed by atoms with Crippen molar-refractivity contribution in [1.82, 2.24) is 20.4 Å². The minimum atomic E-state index is -1.15. The van der Waals surface area contributed by atoms with Crippen LogP contribution < -0.4 is 10.6 Å². The molecule has 9 heteroatoms. The highest BCUT2D eigenvalue weighted by atomic mass is 16.4. The largest absolute Gasteiger partial charge is 0.481 e. The highest BCUT2D eigenvalue weighted by Crippen LogP contribution is 2.09. The first-order valence-corrected chi connectivity index (χ1v) is 6.57. The standard InChI is InChI=1S/C12H20N4O5/c1-15(2)9(17)3-4-14-12(21)16-6-5-13-11(20)8(16)7-10(18)19/h8H,3-7H2,1-2H3,(H,13,20)(H,14,21)(H,18,19). The third-order valence-electron chi connectivity index (χ3n) is 3.07. The van der Waals surface area contributed by atoms with Gasteiger partial charge >= 0.3 is 12.0 Å². The maximum Gasteiger partial charge on any atom is 0.318 e. The number of rotatable bonds is 5. The van der Waals surface area contributed by atoms with E-state index in [0.717, 1.165) is 0 Å². The second-order valence-corrected chi connectivity index (χ2v) is 4.87. The molecule has 118 valence electrons. The molecule has 1 heterocycles. The minimum Gasteiger partial charge on any atom is -0.481 e. The molecule has 0 aliphatic carbocycles. The van der Waals surface area contributed by atoms with Gasteiger partial charge in [-0.05, 0) is 0 Å². The van der Waals surface area contributed by atoms with E-state index >= 15 is 0 Å². The van der Waals surface area contributed by atoms with Crippen LogP contribution in [0.4, 0.5) is 4.79 Å². The molecule has 1 aliphatic heterocycles. The van der Waals surface area contributed by atoms with Gasteiger partial charge in [0, 0.05) is 40.2 Å². The van der Waals surface area contributed by atoms with Gasteiger partial charge in [-0.1, -0.05) is 0 Å². The number of carboxylic acids is 1. The summed E-state index contributed by atoms with van der Waals surface area (Å²) in [5.41, 5.74) is 0. The second kappa shape index (κ2) is 7.46. The third kappa shape index (κ3) is 4.93. The number of aliphatic carboxylic acids is 1. The summed E-state index contributed by atoms with van der Waals surface area (Å²) in [5, 5.41) is 13.9. The van der Waals surface area contributed by atoms with E-state index in [0.29, 0.717) is 0 Å².